The highest BCUT2D eigenvalue weighted by Gasteiger charge is 2.23. The summed E-state index contributed by atoms with van der Waals surface area (Å²) >= 11 is 1.21. The number of aliphatic carboxylic acids is 2. The topological polar surface area (TPSA) is 323 Å². The van der Waals surface area contributed by atoms with E-state index in [1.807, 2.05) is 19.0 Å². The standard InChI is InChI=1S/C20H32N6O8S.C17H27N5O8S/c1-14-10-25(5-4-21-17(27)12-24-8-6-23(3)7-9-24)20(31)26(18(14)28)11-15(2)22-16(19(29)30)13-35-34-33-32;1-12-7-21(10-15(24)25)17(27)22(16(12)26)8-13(11-31-30-29-28)18-14(23)9-20-5-3-19(2)4-6-20/h10,16,22,32H,2,4-9,11-13H2,1,3H3,(H,21,27)(H,29,30);7,13,28H,3-6,8-11H2,1-2H3,(H,18,23)(H,24,25). The first-order valence-electron chi connectivity index (χ1n) is 20.4. The monoisotopic (exact) mass is 977 g/mol. The first-order valence-corrected chi connectivity index (χ1v) is 22.2. The van der Waals surface area contributed by atoms with Gasteiger partial charge in [-0.3, -0.25) is 52.0 Å². The van der Waals surface area contributed by atoms with Crippen LogP contribution in [-0.2, 0) is 64.1 Å². The summed E-state index contributed by atoms with van der Waals surface area (Å²) in [4.78, 5) is 106. The van der Waals surface area contributed by atoms with Gasteiger partial charge in [-0.05, 0) is 27.9 Å². The van der Waals surface area contributed by atoms with Crippen LogP contribution in [0.2, 0.25) is 0 Å². The molecule has 0 saturated carbocycles. The van der Waals surface area contributed by atoms with Crippen LogP contribution in [0.4, 0.5) is 0 Å². The number of rotatable bonds is 25. The van der Waals surface area contributed by atoms with E-state index in [4.69, 9.17) is 15.6 Å². The lowest BCUT2D eigenvalue weighted by molar-refractivity contribution is -0.432. The Morgan fingerprint density at radius 3 is 1.73 bits per heavy atom. The Bertz CT molecular complexity index is 2190. The highest BCUT2D eigenvalue weighted by molar-refractivity contribution is 7.94. The lowest BCUT2D eigenvalue weighted by Crippen LogP contribution is -2.52. The van der Waals surface area contributed by atoms with Gasteiger partial charge in [0.25, 0.3) is 11.1 Å². The van der Waals surface area contributed by atoms with Gasteiger partial charge in [-0.25, -0.2) is 24.9 Å². The first kappa shape index (κ1) is 55.4. The van der Waals surface area contributed by atoms with Crippen molar-refractivity contribution in [2.45, 2.75) is 52.1 Å². The number of hydrogen-bond acceptors (Lipinski definition) is 21. The van der Waals surface area contributed by atoms with Crippen molar-refractivity contribution in [2.24, 2.45) is 0 Å². The molecule has 0 bridgehead atoms. The predicted octanol–water partition coefficient (Wildman–Crippen LogP) is -3.49. The molecule has 370 valence electrons. The third kappa shape index (κ3) is 18.8. The zero-order chi connectivity index (χ0) is 48.9. The minimum atomic E-state index is -1.23. The zero-order valence-electron chi connectivity index (χ0n) is 37.1. The maximum atomic E-state index is 12.9. The molecule has 29 heteroatoms. The van der Waals surface area contributed by atoms with E-state index in [1.54, 1.807) is 6.92 Å². The molecular weight excluding hydrogens is 919 g/mol. The molecule has 4 heterocycles. The molecule has 66 heavy (non-hydrogen) atoms. The summed E-state index contributed by atoms with van der Waals surface area (Å²) in [5.74, 6) is -3.01. The van der Waals surface area contributed by atoms with Gasteiger partial charge in [0.15, 0.2) is 0 Å². The Morgan fingerprint density at radius 2 is 1.20 bits per heavy atom. The minimum absolute atomic E-state index is 0.0494. The molecule has 7 N–H and O–H groups in total. The lowest BCUT2D eigenvalue weighted by Gasteiger charge is -2.32. The Morgan fingerprint density at radius 1 is 0.697 bits per heavy atom. The molecule has 0 radical (unpaired) electrons. The fourth-order valence-corrected chi connectivity index (χ4v) is 7.56. The molecule has 0 spiro atoms. The van der Waals surface area contributed by atoms with Crippen LogP contribution in [0.15, 0.2) is 43.8 Å². The molecule has 2 atom stereocenters. The molecule has 2 aliphatic rings. The van der Waals surface area contributed by atoms with Crippen LogP contribution < -0.4 is 38.4 Å². The van der Waals surface area contributed by atoms with Crippen molar-refractivity contribution in [3.05, 3.63) is 77.5 Å². The van der Waals surface area contributed by atoms with Crippen LogP contribution in [0, 0.1) is 13.8 Å². The van der Waals surface area contributed by atoms with Crippen LogP contribution >= 0.6 is 24.1 Å². The molecule has 2 aliphatic heterocycles. The van der Waals surface area contributed by atoms with E-state index in [0.717, 1.165) is 66.1 Å². The Balaban J connectivity index is 0.000000353. The van der Waals surface area contributed by atoms with Gasteiger partial charge in [0.05, 0.1) is 38.0 Å². The number of nitrogens with zero attached hydrogens (tertiary/aromatic N) is 8. The number of hydrogen-bond donors (Lipinski definition) is 7. The quantitative estimate of drug-likeness (QED) is 0.0220. The summed E-state index contributed by atoms with van der Waals surface area (Å²) in [6.07, 6.45) is 2.61. The van der Waals surface area contributed by atoms with E-state index < -0.39 is 53.1 Å². The number of likely N-dealkylation sites (N-methyl/N-ethyl adjacent to an activating group) is 2. The van der Waals surface area contributed by atoms with Gasteiger partial charge >= 0.3 is 23.3 Å². The van der Waals surface area contributed by atoms with Crippen molar-refractivity contribution in [3.8, 4) is 0 Å². The summed E-state index contributed by atoms with van der Waals surface area (Å²) < 4.78 is 12.6. The molecule has 4 rings (SSSR count). The number of amides is 2. The summed E-state index contributed by atoms with van der Waals surface area (Å²) in [5.41, 5.74) is -1.94. The van der Waals surface area contributed by atoms with Gasteiger partial charge in [-0.15, -0.1) is 8.67 Å². The molecule has 2 aromatic heterocycles. The average Bonchev–Trinajstić information content (AvgIpc) is 3.26. The average molecular weight is 978 g/mol. The summed E-state index contributed by atoms with van der Waals surface area (Å²) in [6, 6.07) is -1.91. The van der Waals surface area contributed by atoms with E-state index in [-0.39, 0.29) is 73.8 Å². The smallest absolute Gasteiger partial charge is 0.331 e. The number of allylic oxidation sites excluding steroid dienone is 1. The number of carbonyl (C=O) groups is 4. The normalized spacial score (nSPS) is 15.8. The van der Waals surface area contributed by atoms with E-state index in [9.17, 15) is 43.5 Å². The van der Waals surface area contributed by atoms with Crippen LogP contribution in [0.3, 0.4) is 0 Å². The Kier molecular flexibility index (Phi) is 23.8. The van der Waals surface area contributed by atoms with E-state index in [0.29, 0.717) is 29.6 Å². The largest absolute Gasteiger partial charge is 0.480 e. The number of piperazine rings is 2. The summed E-state index contributed by atoms with van der Waals surface area (Å²) in [5, 5.41) is 49.9. The second kappa shape index (κ2) is 28.3. The highest BCUT2D eigenvalue weighted by Crippen LogP contribution is 2.08. The molecule has 0 aromatic carbocycles. The van der Waals surface area contributed by atoms with E-state index in [2.05, 4.69) is 56.0 Å². The number of carboxylic acid groups (broad SMARTS) is 2. The Labute approximate surface area is 386 Å². The number of carbonyl (C=O) groups excluding carboxylic acids is 2. The fraction of sp³-hybridized carbons (Fsp3) is 0.622. The number of nitrogens with one attached hydrogen (secondary N) is 3. The Hall–Kier alpha value is -4.92. The molecular formula is C37H59N11O16S2. The molecule has 2 unspecified atom stereocenters. The predicted molar refractivity (Wildman–Crippen MR) is 238 cm³/mol. The van der Waals surface area contributed by atoms with Crippen LogP contribution in [0.5, 0.6) is 0 Å². The first-order chi connectivity index (χ1) is 31.3. The van der Waals surface area contributed by atoms with Crippen LogP contribution in [0.25, 0.3) is 0 Å². The molecule has 2 aromatic rings. The number of aromatic nitrogens is 4. The summed E-state index contributed by atoms with van der Waals surface area (Å²) in [7, 11) is 4.04. The lowest BCUT2D eigenvalue weighted by atomic mass is 10.3. The SMILES string of the molecule is C=C(Cn1c(=O)c(C)cn(CCNC(=O)CN2CCN(C)CC2)c1=O)NC(CSOOO)C(=O)O.Cc1cn(CC(=O)O)c(=O)n(CC(CSOOO)NC(=O)CN2CCN(C)CC2)c1=O. The van der Waals surface area contributed by atoms with Crippen LogP contribution in [0.1, 0.15) is 11.1 Å². The molecule has 27 nitrogen and oxygen atoms in total. The van der Waals surface area contributed by atoms with Gasteiger partial charge in [0.2, 0.25) is 11.8 Å². The fourth-order valence-electron chi connectivity index (χ4n) is 6.65. The maximum Gasteiger partial charge on any atom is 0.331 e. The maximum absolute atomic E-state index is 12.9. The van der Waals surface area contributed by atoms with Crippen molar-refractivity contribution in [2.75, 3.05) is 97.6 Å². The second-order valence-electron chi connectivity index (χ2n) is 15.5. The van der Waals surface area contributed by atoms with Crippen molar-refractivity contribution >= 4 is 47.8 Å². The van der Waals surface area contributed by atoms with Gasteiger partial charge < -0.3 is 36.0 Å². The van der Waals surface area contributed by atoms with Crippen molar-refractivity contribution in [1.29, 1.82) is 0 Å². The molecule has 2 fully saturated rings. The third-order valence-corrected chi connectivity index (χ3v) is 11.5. The summed E-state index contributed by atoms with van der Waals surface area (Å²) in [6.45, 7) is 13.0. The number of carboxylic acids is 2. The second-order valence-corrected chi connectivity index (χ2v) is 16.9. The molecule has 2 saturated heterocycles. The van der Waals surface area contributed by atoms with Crippen LogP contribution in [-0.4, -0.2) is 192 Å². The van der Waals surface area contributed by atoms with Crippen molar-refractivity contribution in [3.63, 3.8) is 0 Å². The van der Waals surface area contributed by atoms with E-state index >= 15 is 0 Å². The number of aryl methyl sites for hydroxylation is 2. The van der Waals surface area contributed by atoms with Gasteiger partial charge in [0.1, 0.15) is 12.6 Å². The third-order valence-electron chi connectivity index (χ3n) is 10.2. The zero-order valence-corrected chi connectivity index (χ0v) is 38.8. The van der Waals surface area contributed by atoms with Gasteiger partial charge in [-0.2, -0.15) is 0 Å². The van der Waals surface area contributed by atoms with Gasteiger partial charge in [0, 0.05) is 125 Å². The van der Waals surface area contributed by atoms with Gasteiger partial charge in [-0.1, -0.05) is 16.7 Å². The highest BCUT2D eigenvalue weighted by atomic mass is 32.2. The van der Waals surface area contributed by atoms with E-state index in [1.165, 1.54) is 23.9 Å². The molecule has 0 aliphatic carbocycles. The van der Waals surface area contributed by atoms with Crippen molar-refractivity contribution in [1.82, 2.24) is 53.8 Å². The minimum Gasteiger partial charge on any atom is -0.480 e. The van der Waals surface area contributed by atoms with Crippen molar-refractivity contribution < 1.29 is 58.6 Å². The molecule has 2 amide bonds.